The molecule has 1 amide bonds. The third-order valence-electron chi connectivity index (χ3n) is 3.95. The maximum Gasteiger partial charge on any atom is 0.253 e. The van der Waals surface area contributed by atoms with Gasteiger partial charge < -0.3 is 4.90 Å². The van der Waals surface area contributed by atoms with E-state index in [1.165, 1.54) is 0 Å². The van der Waals surface area contributed by atoms with E-state index < -0.39 is 6.17 Å². The molecule has 1 saturated heterocycles. The van der Waals surface area contributed by atoms with E-state index in [4.69, 9.17) is 0 Å². The van der Waals surface area contributed by atoms with E-state index in [1.807, 2.05) is 52.0 Å². The largest absolute Gasteiger partial charge is 0.335 e. The van der Waals surface area contributed by atoms with Crippen molar-refractivity contribution in [2.75, 3.05) is 13.1 Å². The Balaban J connectivity index is 2.12. The molecule has 1 fully saturated rings. The molecule has 19 heavy (non-hydrogen) atoms. The van der Waals surface area contributed by atoms with Gasteiger partial charge in [0.1, 0.15) is 6.17 Å². The fourth-order valence-electron chi connectivity index (χ4n) is 2.63. The first-order chi connectivity index (χ1) is 8.79. The Morgan fingerprint density at radius 2 is 1.79 bits per heavy atom. The minimum Gasteiger partial charge on any atom is -0.335 e. The first-order valence-electron chi connectivity index (χ1n) is 6.79. The van der Waals surface area contributed by atoms with E-state index in [-0.39, 0.29) is 23.8 Å². The molecule has 1 heterocycles. The Morgan fingerprint density at radius 3 is 2.26 bits per heavy atom. The second kappa shape index (κ2) is 4.95. The van der Waals surface area contributed by atoms with Crippen molar-refractivity contribution in [2.24, 2.45) is 11.3 Å². The lowest BCUT2D eigenvalue weighted by molar-refractivity contribution is 0.0775. The van der Waals surface area contributed by atoms with Crippen molar-refractivity contribution in [3.63, 3.8) is 0 Å². The summed E-state index contributed by atoms with van der Waals surface area (Å²) in [6, 6.07) is 7.46. The monoisotopic (exact) mass is 263 g/mol. The quantitative estimate of drug-likeness (QED) is 0.760. The second-order valence-electron chi connectivity index (χ2n) is 6.56. The van der Waals surface area contributed by atoms with Crippen LogP contribution in [0, 0.1) is 18.3 Å². The Morgan fingerprint density at radius 1 is 1.21 bits per heavy atom. The summed E-state index contributed by atoms with van der Waals surface area (Å²) in [5.41, 5.74) is 1.66. The van der Waals surface area contributed by atoms with Gasteiger partial charge in [-0.2, -0.15) is 0 Å². The number of rotatable bonds is 1. The molecule has 0 N–H and O–H groups in total. The molecule has 0 unspecified atom stereocenters. The highest BCUT2D eigenvalue weighted by atomic mass is 19.1. The second-order valence-corrected chi connectivity index (χ2v) is 6.56. The van der Waals surface area contributed by atoms with Gasteiger partial charge in [0.25, 0.3) is 5.91 Å². The van der Waals surface area contributed by atoms with Gasteiger partial charge in [0.15, 0.2) is 0 Å². The van der Waals surface area contributed by atoms with Gasteiger partial charge in [-0.05, 0) is 24.5 Å². The Kier molecular flexibility index (Phi) is 3.66. The summed E-state index contributed by atoms with van der Waals surface area (Å²) in [7, 11) is 0. The first kappa shape index (κ1) is 14.0. The zero-order valence-corrected chi connectivity index (χ0v) is 12.1. The Labute approximate surface area is 114 Å². The number of benzene rings is 1. The zero-order valence-electron chi connectivity index (χ0n) is 12.1. The molecule has 0 saturated carbocycles. The average molecular weight is 263 g/mol. The first-order valence-corrected chi connectivity index (χ1v) is 6.79. The summed E-state index contributed by atoms with van der Waals surface area (Å²) in [5, 5.41) is 0. The van der Waals surface area contributed by atoms with Gasteiger partial charge in [0, 0.05) is 18.0 Å². The molecule has 1 aromatic carbocycles. The number of nitrogens with zero attached hydrogens (tertiary/aromatic N) is 1. The molecule has 0 radical (unpaired) electrons. The van der Waals surface area contributed by atoms with Gasteiger partial charge in [0.05, 0.1) is 6.54 Å². The van der Waals surface area contributed by atoms with E-state index in [1.54, 1.807) is 4.90 Å². The van der Waals surface area contributed by atoms with Gasteiger partial charge in [-0.15, -0.1) is 0 Å². The predicted octanol–water partition coefficient (Wildman–Crippen LogP) is 3.45. The van der Waals surface area contributed by atoms with Gasteiger partial charge in [-0.25, -0.2) is 4.39 Å². The molecule has 1 aliphatic heterocycles. The van der Waals surface area contributed by atoms with Gasteiger partial charge in [-0.3, -0.25) is 4.79 Å². The topological polar surface area (TPSA) is 20.3 Å². The number of alkyl halides is 1. The average Bonchev–Trinajstić information content (AvgIpc) is 2.71. The van der Waals surface area contributed by atoms with Crippen LogP contribution in [0.5, 0.6) is 0 Å². The lowest BCUT2D eigenvalue weighted by Gasteiger charge is -2.28. The predicted molar refractivity (Wildman–Crippen MR) is 74.9 cm³/mol. The molecule has 1 aromatic rings. The Hall–Kier alpha value is -1.38. The highest BCUT2D eigenvalue weighted by Crippen LogP contribution is 2.36. The smallest absolute Gasteiger partial charge is 0.253 e. The number of hydrogen-bond acceptors (Lipinski definition) is 1. The number of carbonyl (C=O) groups is 1. The number of aryl methyl sites for hydroxylation is 1. The standard InChI is InChI=1S/C16H22FNO/c1-11-5-7-12(8-6-11)15(19)18-9-13(14(17)10-18)16(2,3)4/h5-8,13-14H,9-10H2,1-4H3/t13-,14+/m1/s1. The number of likely N-dealkylation sites (tertiary alicyclic amines) is 1. The van der Waals surface area contributed by atoms with Crippen molar-refractivity contribution in [1.82, 2.24) is 4.90 Å². The summed E-state index contributed by atoms with van der Waals surface area (Å²) in [6.07, 6.45) is -0.922. The number of amides is 1. The SMILES string of the molecule is Cc1ccc(C(=O)N2C[C@@H](C(C)(C)C)[C@@H](F)C2)cc1. The van der Waals surface area contributed by atoms with E-state index in [0.29, 0.717) is 12.1 Å². The van der Waals surface area contributed by atoms with Gasteiger partial charge >= 0.3 is 0 Å². The van der Waals surface area contributed by atoms with E-state index in [0.717, 1.165) is 5.56 Å². The highest BCUT2D eigenvalue weighted by molar-refractivity contribution is 5.94. The molecule has 2 nitrogen and oxygen atoms in total. The number of hydrogen-bond donors (Lipinski definition) is 0. The maximum absolute atomic E-state index is 14.1. The van der Waals surface area contributed by atoms with Crippen molar-refractivity contribution in [1.29, 1.82) is 0 Å². The molecule has 2 atom stereocenters. The molecule has 0 aromatic heterocycles. The summed E-state index contributed by atoms with van der Waals surface area (Å²) < 4.78 is 14.1. The summed E-state index contributed by atoms with van der Waals surface area (Å²) in [5.74, 6) is -0.142. The van der Waals surface area contributed by atoms with E-state index >= 15 is 0 Å². The third kappa shape index (κ3) is 2.96. The van der Waals surface area contributed by atoms with Crippen LogP contribution in [-0.2, 0) is 0 Å². The van der Waals surface area contributed by atoms with Gasteiger partial charge in [0.2, 0.25) is 0 Å². The maximum atomic E-state index is 14.1. The van der Waals surface area contributed by atoms with Crippen LogP contribution >= 0.6 is 0 Å². The minimum absolute atomic E-state index is 0.0607. The molecule has 0 bridgehead atoms. The lowest BCUT2D eigenvalue weighted by Crippen LogP contribution is -2.31. The number of halogens is 1. The van der Waals surface area contributed by atoms with Gasteiger partial charge in [-0.1, -0.05) is 38.5 Å². The molecule has 0 aliphatic carbocycles. The molecule has 2 rings (SSSR count). The molecule has 3 heteroatoms. The normalized spacial score (nSPS) is 23.7. The van der Waals surface area contributed by atoms with Crippen LogP contribution in [-0.4, -0.2) is 30.1 Å². The molecular formula is C16H22FNO. The highest BCUT2D eigenvalue weighted by Gasteiger charge is 2.41. The van der Waals surface area contributed by atoms with Crippen molar-refractivity contribution in [2.45, 2.75) is 33.9 Å². The van der Waals surface area contributed by atoms with Crippen LogP contribution < -0.4 is 0 Å². The van der Waals surface area contributed by atoms with Crippen molar-refractivity contribution in [3.05, 3.63) is 35.4 Å². The van der Waals surface area contributed by atoms with Crippen LogP contribution in [0.15, 0.2) is 24.3 Å². The van der Waals surface area contributed by atoms with E-state index in [2.05, 4.69) is 0 Å². The minimum atomic E-state index is -0.922. The van der Waals surface area contributed by atoms with Crippen molar-refractivity contribution >= 4 is 5.91 Å². The van der Waals surface area contributed by atoms with Crippen molar-refractivity contribution in [3.8, 4) is 0 Å². The van der Waals surface area contributed by atoms with Crippen LogP contribution in [0.4, 0.5) is 4.39 Å². The fraction of sp³-hybridized carbons (Fsp3) is 0.562. The third-order valence-corrected chi connectivity index (χ3v) is 3.95. The fourth-order valence-corrected chi connectivity index (χ4v) is 2.63. The summed E-state index contributed by atoms with van der Waals surface area (Å²) in [6.45, 7) is 8.81. The number of carbonyl (C=O) groups excluding carboxylic acids is 1. The van der Waals surface area contributed by atoms with Crippen LogP contribution in [0.2, 0.25) is 0 Å². The van der Waals surface area contributed by atoms with Crippen molar-refractivity contribution < 1.29 is 9.18 Å². The van der Waals surface area contributed by atoms with Crippen LogP contribution in [0.1, 0.15) is 36.7 Å². The summed E-state index contributed by atoms with van der Waals surface area (Å²) >= 11 is 0. The molecule has 1 aliphatic rings. The molecule has 0 spiro atoms. The lowest BCUT2D eigenvalue weighted by atomic mass is 9.79. The summed E-state index contributed by atoms with van der Waals surface area (Å²) in [4.78, 5) is 14.0. The zero-order chi connectivity index (χ0) is 14.2. The van der Waals surface area contributed by atoms with Crippen LogP contribution in [0.3, 0.4) is 0 Å². The Bertz CT molecular complexity index is 461. The van der Waals surface area contributed by atoms with Crippen LogP contribution in [0.25, 0.3) is 0 Å². The van der Waals surface area contributed by atoms with E-state index in [9.17, 15) is 9.18 Å². The molecular weight excluding hydrogens is 241 g/mol. The molecule has 104 valence electrons.